The Bertz CT molecular complexity index is 604. The molecular weight excluding hydrogens is 269 g/mol. The molecule has 0 spiro atoms. The van der Waals surface area contributed by atoms with Gasteiger partial charge in [0.15, 0.2) is 5.78 Å². The van der Waals surface area contributed by atoms with Crippen LogP contribution in [0.4, 0.5) is 13.2 Å². The number of fused-ring (bicyclic) bond motifs is 1. The lowest BCUT2D eigenvalue weighted by Gasteiger charge is -2.16. The molecule has 1 aromatic carbocycles. The summed E-state index contributed by atoms with van der Waals surface area (Å²) in [6, 6.07) is 7.33. The van der Waals surface area contributed by atoms with Crippen LogP contribution in [-0.2, 0) is 0 Å². The van der Waals surface area contributed by atoms with Crippen LogP contribution in [0.3, 0.4) is 0 Å². The van der Waals surface area contributed by atoms with E-state index >= 15 is 0 Å². The lowest BCUT2D eigenvalue weighted by atomic mass is 10.1. The van der Waals surface area contributed by atoms with E-state index in [0.717, 1.165) is 10.9 Å². The second kappa shape index (κ2) is 5.66. The van der Waals surface area contributed by atoms with E-state index in [1.165, 1.54) is 11.9 Å². The van der Waals surface area contributed by atoms with Crippen LogP contribution in [0.5, 0.6) is 0 Å². The fourth-order valence-corrected chi connectivity index (χ4v) is 2.03. The summed E-state index contributed by atoms with van der Waals surface area (Å²) in [5.74, 6) is -0.188. The molecule has 0 saturated carbocycles. The lowest BCUT2D eigenvalue weighted by molar-refractivity contribution is -0.137. The van der Waals surface area contributed by atoms with Crippen LogP contribution >= 0.6 is 0 Å². The number of rotatable bonds is 5. The Morgan fingerprint density at radius 1 is 1.30 bits per heavy atom. The van der Waals surface area contributed by atoms with Gasteiger partial charge in [-0.2, -0.15) is 13.2 Å². The maximum absolute atomic E-state index is 12.1. The number of Topliss-reactive ketones (excluding diaryl/α,β-unsaturated/α-hetero) is 1. The topological polar surface area (TPSA) is 36.1 Å². The first-order valence-electron chi connectivity index (χ1n) is 6.21. The summed E-state index contributed by atoms with van der Waals surface area (Å²) < 4.78 is 36.4. The molecule has 0 radical (unpaired) electrons. The summed E-state index contributed by atoms with van der Waals surface area (Å²) in [4.78, 5) is 16.5. The average Bonchev–Trinajstić information content (AvgIpc) is 2.79. The molecule has 2 rings (SSSR count). The number of carbonyl (C=O) groups excluding carboxylic acids is 1. The molecule has 0 atom stereocenters. The minimum Gasteiger partial charge on any atom is -0.360 e. The monoisotopic (exact) mass is 284 g/mol. The number of nitrogens with zero attached hydrogens (tertiary/aromatic N) is 1. The fourth-order valence-electron chi connectivity index (χ4n) is 2.03. The van der Waals surface area contributed by atoms with Gasteiger partial charge in [-0.25, -0.2) is 0 Å². The summed E-state index contributed by atoms with van der Waals surface area (Å²) in [6.07, 6.45) is -3.51. The normalized spacial score (nSPS) is 12.2. The number of H-pyrrole nitrogens is 1. The molecule has 0 bridgehead atoms. The molecule has 108 valence electrons. The van der Waals surface area contributed by atoms with Gasteiger partial charge in [-0.05, 0) is 13.1 Å². The maximum atomic E-state index is 12.1. The van der Waals surface area contributed by atoms with Crippen molar-refractivity contribution < 1.29 is 18.0 Å². The summed E-state index contributed by atoms with van der Waals surface area (Å²) in [6.45, 7) is -0.213. The van der Waals surface area contributed by atoms with Gasteiger partial charge in [-0.1, -0.05) is 18.2 Å². The van der Waals surface area contributed by atoms with Crippen LogP contribution in [-0.4, -0.2) is 42.0 Å². The third-order valence-electron chi connectivity index (χ3n) is 3.08. The zero-order valence-corrected chi connectivity index (χ0v) is 11.0. The van der Waals surface area contributed by atoms with E-state index in [1.807, 2.05) is 24.3 Å². The predicted octanol–water partition coefficient (Wildman–Crippen LogP) is 3.23. The predicted molar refractivity (Wildman–Crippen MR) is 70.8 cm³/mol. The van der Waals surface area contributed by atoms with Gasteiger partial charge in [0.2, 0.25) is 0 Å². The SMILES string of the molecule is CN(CCC(F)(F)F)CC(=O)c1c[nH]c2ccccc12. The maximum Gasteiger partial charge on any atom is 0.390 e. The highest BCUT2D eigenvalue weighted by atomic mass is 19.4. The van der Waals surface area contributed by atoms with Crippen molar-refractivity contribution in [3.8, 4) is 0 Å². The van der Waals surface area contributed by atoms with Crippen molar-refractivity contribution in [3.63, 3.8) is 0 Å². The minimum atomic E-state index is -4.20. The number of ketones is 1. The van der Waals surface area contributed by atoms with Crippen molar-refractivity contribution in [2.75, 3.05) is 20.1 Å². The molecule has 0 aliphatic rings. The van der Waals surface area contributed by atoms with Crippen LogP contribution in [0.2, 0.25) is 0 Å². The number of aromatic nitrogens is 1. The second-order valence-corrected chi connectivity index (χ2v) is 4.77. The van der Waals surface area contributed by atoms with Gasteiger partial charge < -0.3 is 4.98 Å². The van der Waals surface area contributed by atoms with Crippen LogP contribution in [0.15, 0.2) is 30.5 Å². The Kier molecular flexibility index (Phi) is 4.13. The number of hydrogen-bond acceptors (Lipinski definition) is 2. The first-order valence-corrected chi connectivity index (χ1v) is 6.21. The fraction of sp³-hybridized carbons (Fsp3) is 0.357. The summed E-state index contributed by atoms with van der Waals surface area (Å²) in [5, 5.41) is 0.793. The molecule has 20 heavy (non-hydrogen) atoms. The lowest BCUT2D eigenvalue weighted by Crippen LogP contribution is -2.29. The number of carbonyl (C=O) groups is 1. The molecule has 2 aromatic rings. The first-order chi connectivity index (χ1) is 9.37. The van der Waals surface area contributed by atoms with Gasteiger partial charge in [0.05, 0.1) is 13.0 Å². The molecule has 6 heteroatoms. The van der Waals surface area contributed by atoms with E-state index in [4.69, 9.17) is 0 Å². The number of nitrogens with one attached hydrogen (secondary N) is 1. The van der Waals surface area contributed by atoms with Gasteiger partial charge in [0.25, 0.3) is 0 Å². The van der Waals surface area contributed by atoms with E-state index < -0.39 is 12.6 Å². The van der Waals surface area contributed by atoms with Crippen molar-refractivity contribution in [1.82, 2.24) is 9.88 Å². The van der Waals surface area contributed by atoms with E-state index in [1.54, 1.807) is 6.20 Å². The highest BCUT2D eigenvalue weighted by Gasteiger charge is 2.27. The van der Waals surface area contributed by atoms with Gasteiger partial charge in [-0.3, -0.25) is 9.69 Å². The van der Waals surface area contributed by atoms with Gasteiger partial charge in [-0.15, -0.1) is 0 Å². The highest BCUT2D eigenvalue weighted by molar-refractivity contribution is 6.08. The van der Waals surface area contributed by atoms with Crippen LogP contribution in [0, 0.1) is 0 Å². The third kappa shape index (κ3) is 3.60. The Labute approximate surface area is 114 Å². The van der Waals surface area contributed by atoms with Crippen LogP contribution < -0.4 is 0 Å². The number of alkyl halides is 3. The number of aromatic amines is 1. The molecular formula is C14H15F3N2O. The standard InChI is InChI=1S/C14H15F3N2O/c1-19(7-6-14(15,16)17)9-13(20)11-8-18-12-5-3-2-4-10(11)12/h2-5,8,18H,6-7,9H2,1H3. The Hall–Kier alpha value is -1.82. The molecule has 1 heterocycles. The van der Waals surface area contributed by atoms with Crippen molar-refractivity contribution in [1.29, 1.82) is 0 Å². The van der Waals surface area contributed by atoms with Crippen LogP contribution in [0.1, 0.15) is 16.8 Å². The molecule has 0 aliphatic heterocycles. The smallest absolute Gasteiger partial charge is 0.360 e. The van der Waals surface area contributed by atoms with Crippen molar-refractivity contribution in [3.05, 3.63) is 36.0 Å². The number of benzene rings is 1. The molecule has 0 amide bonds. The first kappa shape index (κ1) is 14.6. The molecule has 1 N–H and O–H groups in total. The summed E-state index contributed by atoms with van der Waals surface area (Å²) >= 11 is 0. The molecule has 0 unspecified atom stereocenters. The molecule has 1 aromatic heterocycles. The van der Waals surface area contributed by atoms with E-state index in [9.17, 15) is 18.0 Å². The number of halogens is 3. The highest BCUT2D eigenvalue weighted by Crippen LogP contribution is 2.20. The van der Waals surface area contributed by atoms with Gasteiger partial charge >= 0.3 is 6.18 Å². The quantitative estimate of drug-likeness (QED) is 0.856. The molecule has 3 nitrogen and oxygen atoms in total. The van der Waals surface area contributed by atoms with Crippen molar-refractivity contribution >= 4 is 16.7 Å². The zero-order chi connectivity index (χ0) is 14.8. The van der Waals surface area contributed by atoms with Crippen LogP contribution in [0.25, 0.3) is 10.9 Å². The summed E-state index contributed by atoms with van der Waals surface area (Å²) in [5.41, 5.74) is 1.35. The van der Waals surface area contributed by atoms with E-state index in [0.29, 0.717) is 5.56 Å². The Morgan fingerprint density at radius 2 is 2.00 bits per heavy atom. The zero-order valence-electron chi connectivity index (χ0n) is 11.0. The molecule has 0 aliphatic carbocycles. The average molecular weight is 284 g/mol. The number of likely N-dealkylation sites (N-methyl/N-ethyl adjacent to an activating group) is 1. The van der Waals surface area contributed by atoms with Gasteiger partial charge in [0, 0.05) is 29.2 Å². The number of hydrogen-bond donors (Lipinski definition) is 1. The van der Waals surface area contributed by atoms with E-state index in [2.05, 4.69) is 4.98 Å². The molecule has 0 saturated heterocycles. The second-order valence-electron chi connectivity index (χ2n) is 4.77. The van der Waals surface area contributed by atoms with Crippen molar-refractivity contribution in [2.45, 2.75) is 12.6 Å². The Balaban J connectivity index is 2.01. The number of para-hydroxylation sites is 1. The van der Waals surface area contributed by atoms with E-state index in [-0.39, 0.29) is 18.9 Å². The largest absolute Gasteiger partial charge is 0.390 e. The minimum absolute atomic E-state index is 0.0298. The third-order valence-corrected chi connectivity index (χ3v) is 3.08. The Morgan fingerprint density at radius 3 is 2.70 bits per heavy atom. The summed E-state index contributed by atoms with van der Waals surface area (Å²) in [7, 11) is 1.51. The molecule has 0 fully saturated rings. The van der Waals surface area contributed by atoms with Gasteiger partial charge in [0.1, 0.15) is 0 Å². The van der Waals surface area contributed by atoms with Crippen molar-refractivity contribution in [2.24, 2.45) is 0 Å².